The fraction of sp³-hybridized carbons (Fsp3) is 0.300. The van der Waals surface area contributed by atoms with E-state index in [1.54, 1.807) is 0 Å². The third-order valence-electron chi connectivity index (χ3n) is 4.06. The minimum Gasteiger partial charge on any atom is -0.346 e. The van der Waals surface area contributed by atoms with Crippen LogP contribution in [0.1, 0.15) is 31.0 Å². The molecule has 138 valence electrons. The third kappa shape index (κ3) is 6.17. The first-order valence-corrected chi connectivity index (χ1v) is 9.00. The van der Waals surface area contributed by atoms with Crippen LogP contribution in [0.4, 0.5) is 5.69 Å². The van der Waals surface area contributed by atoms with E-state index in [9.17, 15) is 9.59 Å². The number of rotatable bonds is 8. The molecule has 0 spiro atoms. The van der Waals surface area contributed by atoms with Crippen molar-refractivity contribution >= 4 is 29.1 Å². The van der Waals surface area contributed by atoms with Gasteiger partial charge in [0.1, 0.15) is 0 Å². The summed E-state index contributed by atoms with van der Waals surface area (Å²) in [5.41, 5.74) is 2.88. The molecule has 0 aliphatic rings. The highest BCUT2D eigenvalue weighted by atomic mass is 35.5. The highest BCUT2D eigenvalue weighted by Gasteiger charge is 2.10. The van der Waals surface area contributed by atoms with Crippen LogP contribution in [0.3, 0.4) is 0 Å². The summed E-state index contributed by atoms with van der Waals surface area (Å²) in [6.45, 7) is 4.06. The molecular weight excluding hydrogens is 350 g/mol. The molecular formula is C20H24ClN3O2. The molecule has 0 radical (unpaired) electrons. The molecule has 0 aliphatic heterocycles. The second kappa shape index (κ2) is 9.94. The van der Waals surface area contributed by atoms with Crippen molar-refractivity contribution in [3.05, 3.63) is 64.7 Å². The van der Waals surface area contributed by atoms with E-state index in [1.165, 1.54) is 0 Å². The summed E-state index contributed by atoms with van der Waals surface area (Å²) in [7, 11) is 0. The van der Waals surface area contributed by atoms with Gasteiger partial charge in [0.05, 0.1) is 13.1 Å². The lowest BCUT2D eigenvalue weighted by molar-refractivity contribution is -0.123. The van der Waals surface area contributed by atoms with Crippen LogP contribution in [0.15, 0.2) is 48.5 Å². The van der Waals surface area contributed by atoms with Crippen molar-refractivity contribution in [1.82, 2.24) is 10.6 Å². The van der Waals surface area contributed by atoms with Crippen LogP contribution >= 0.6 is 11.6 Å². The lowest BCUT2D eigenvalue weighted by Gasteiger charge is -2.14. The van der Waals surface area contributed by atoms with Gasteiger partial charge in [0.25, 0.3) is 0 Å². The van der Waals surface area contributed by atoms with Crippen LogP contribution in [0.5, 0.6) is 0 Å². The summed E-state index contributed by atoms with van der Waals surface area (Å²) >= 11 is 5.87. The molecule has 0 saturated heterocycles. The molecule has 0 heterocycles. The predicted octanol–water partition coefficient (Wildman–Crippen LogP) is 3.31. The van der Waals surface area contributed by atoms with Crippen molar-refractivity contribution < 1.29 is 9.59 Å². The van der Waals surface area contributed by atoms with Crippen LogP contribution in [0, 0.1) is 0 Å². The first kappa shape index (κ1) is 19.9. The molecule has 0 unspecified atom stereocenters. The molecule has 0 saturated carbocycles. The number of carbonyl (C=O) groups excluding carboxylic acids is 2. The van der Waals surface area contributed by atoms with Crippen molar-refractivity contribution in [2.75, 3.05) is 18.4 Å². The molecule has 2 aromatic carbocycles. The molecule has 6 heteroatoms. The Balaban J connectivity index is 1.74. The number of halogens is 1. The van der Waals surface area contributed by atoms with Gasteiger partial charge in [-0.1, -0.05) is 48.9 Å². The van der Waals surface area contributed by atoms with E-state index in [1.807, 2.05) is 62.4 Å². The van der Waals surface area contributed by atoms with E-state index in [0.717, 1.165) is 23.2 Å². The Bertz CT molecular complexity index is 747. The quantitative estimate of drug-likeness (QED) is 0.664. The number of hydrogen-bond donors (Lipinski definition) is 3. The summed E-state index contributed by atoms with van der Waals surface area (Å²) in [5, 5.41) is 9.25. The summed E-state index contributed by atoms with van der Waals surface area (Å²) in [6, 6.07) is 15.1. The Morgan fingerprint density at radius 1 is 1.00 bits per heavy atom. The second-order valence-corrected chi connectivity index (χ2v) is 6.43. The normalized spacial score (nSPS) is 11.7. The molecule has 3 N–H and O–H groups in total. The maximum absolute atomic E-state index is 12.0. The van der Waals surface area contributed by atoms with E-state index >= 15 is 0 Å². The number of hydrogen-bond acceptors (Lipinski definition) is 3. The molecule has 26 heavy (non-hydrogen) atoms. The van der Waals surface area contributed by atoms with Crippen molar-refractivity contribution in [3.63, 3.8) is 0 Å². The standard InChI is InChI=1S/C20H24ClN3O2/c1-3-15-6-4-5-7-18(15)24-20(26)13-23-19(25)12-22-14(2)16-8-10-17(21)11-9-16/h4-11,14,22H,3,12-13H2,1-2H3,(H,23,25)(H,24,26)/t14-/m1/s1. The van der Waals surface area contributed by atoms with Crippen LogP contribution in [0.2, 0.25) is 5.02 Å². The van der Waals surface area contributed by atoms with Gasteiger partial charge >= 0.3 is 0 Å². The average Bonchev–Trinajstić information content (AvgIpc) is 2.65. The summed E-state index contributed by atoms with van der Waals surface area (Å²) in [4.78, 5) is 24.0. The van der Waals surface area contributed by atoms with Gasteiger partial charge in [-0.15, -0.1) is 0 Å². The first-order chi connectivity index (χ1) is 12.5. The van der Waals surface area contributed by atoms with Gasteiger partial charge in [0.2, 0.25) is 11.8 Å². The minimum atomic E-state index is -0.245. The van der Waals surface area contributed by atoms with Crippen molar-refractivity contribution in [1.29, 1.82) is 0 Å². The number of benzene rings is 2. The fourth-order valence-corrected chi connectivity index (χ4v) is 2.63. The summed E-state index contributed by atoms with van der Waals surface area (Å²) < 4.78 is 0. The van der Waals surface area contributed by atoms with Crippen LogP contribution < -0.4 is 16.0 Å². The van der Waals surface area contributed by atoms with E-state index in [0.29, 0.717) is 5.02 Å². The molecule has 0 aliphatic carbocycles. The zero-order valence-electron chi connectivity index (χ0n) is 15.0. The highest BCUT2D eigenvalue weighted by Crippen LogP contribution is 2.16. The number of carbonyl (C=O) groups is 2. The monoisotopic (exact) mass is 373 g/mol. The van der Waals surface area contributed by atoms with Gasteiger partial charge in [-0.05, 0) is 42.7 Å². The van der Waals surface area contributed by atoms with Gasteiger partial charge in [0, 0.05) is 16.8 Å². The Labute approximate surface area is 159 Å². The van der Waals surface area contributed by atoms with Gasteiger partial charge in [-0.2, -0.15) is 0 Å². The molecule has 2 amide bonds. The molecule has 0 fully saturated rings. The maximum Gasteiger partial charge on any atom is 0.243 e. The van der Waals surface area contributed by atoms with Gasteiger partial charge in [0.15, 0.2) is 0 Å². The zero-order chi connectivity index (χ0) is 18.9. The number of amides is 2. The van der Waals surface area contributed by atoms with Crippen LogP contribution in [-0.2, 0) is 16.0 Å². The third-order valence-corrected chi connectivity index (χ3v) is 4.31. The van der Waals surface area contributed by atoms with Gasteiger partial charge in [-0.3, -0.25) is 9.59 Å². The topological polar surface area (TPSA) is 70.2 Å². The van der Waals surface area contributed by atoms with E-state index < -0.39 is 0 Å². The molecule has 0 aromatic heterocycles. The van der Waals surface area contributed by atoms with Crippen molar-refractivity contribution in [2.24, 2.45) is 0 Å². The first-order valence-electron chi connectivity index (χ1n) is 8.63. The van der Waals surface area contributed by atoms with E-state index in [4.69, 9.17) is 11.6 Å². The highest BCUT2D eigenvalue weighted by molar-refractivity contribution is 6.30. The largest absolute Gasteiger partial charge is 0.346 e. The Morgan fingerprint density at radius 2 is 1.69 bits per heavy atom. The fourth-order valence-electron chi connectivity index (χ4n) is 2.50. The number of anilines is 1. The molecule has 5 nitrogen and oxygen atoms in total. The Hall–Kier alpha value is -2.37. The minimum absolute atomic E-state index is 0.00303. The zero-order valence-corrected chi connectivity index (χ0v) is 15.8. The smallest absolute Gasteiger partial charge is 0.243 e. The molecule has 1 atom stereocenters. The lowest BCUT2D eigenvalue weighted by atomic mass is 10.1. The van der Waals surface area contributed by atoms with Crippen LogP contribution in [-0.4, -0.2) is 24.9 Å². The predicted molar refractivity (Wildman–Crippen MR) is 105 cm³/mol. The van der Waals surface area contributed by atoms with Crippen molar-refractivity contribution in [3.8, 4) is 0 Å². The molecule has 2 aromatic rings. The van der Waals surface area contributed by atoms with Gasteiger partial charge in [-0.25, -0.2) is 0 Å². The van der Waals surface area contributed by atoms with Gasteiger partial charge < -0.3 is 16.0 Å². The van der Waals surface area contributed by atoms with Crippen LogP contribution in [0.25, 0.3) is 0 Å². The van der Waals surface area contributed by atoms with Crippen molar-refractivity contribution in [2.45, 2.75) is 26.3 Å². The Morgan fingerprint density at radius 3 is 2.38 bits per heavy atom. The number of para-hydroxylation sites is 1. The SMILES string of the molecule is CCc1ccccc1NC(=O)CNC(=O)CN[C@H](C)c1ccc(Cl)cc1. The number of aryl methyl sites for hydroxylation is 1. The number of nitrogens with one attached hydrogen (secondary N) is 3. The average molecular weight is 374 g/mol. The maximum atomic E-state index is 12.0. The Kier molecular flexibility index (Phi) is 7.63. The van der Waals surface area contributed by atoms with E-state index in [2.05, 4.69) is 16.0 Å². The molecule has 2 rings (SSSR count). The molecule has 0 bridgehead atoms. The lowest BCUT2D eigenvalue weighted by Crippen LogP contribution is -2.39. The second-order valence-electron chi connectivity index (χ2n) is 5.99. The summed E-state index contributed by atoms with van der Waals surface area (Å²) in [5.74, 6) is -0.477. The summed E-state index contributed by atoms with van der Waals surface area (Å²) in [6.07, 6.45) is 0.829. The van der Waals surface area contributed by atoms with E-state index in [-0.39, 0.29) is 30.9 Å².